The van der Waals surface area contributed by atoms with Gasteiger partial charge in [0, 0.05) is 33.0 Å². The Morgan fingerprint density at radius 1 is 0.882 bits per heavy atom. The van der Waals surface area contributed by atoms with Crippen molar-refractivity contribution in [2.45, 2.75) is 0 Å². The topological polar surface area (TPSA) is 71.0 Å². The lowest BCUT2D eigenvalue weighted by molar-refractivity contribution is 0.00722. The molecule has 0 fully saturated rings. The fraction of sp³-hybridized carbons (Fsp3) is 1.00. The van der Waals surface area contributed by atoms with E-state index in [-0.39, 0.29) is 0 Å². The van der Waals surface area contributed by atoms with E-state index in [1.54, 1.807) is 0 Å². The molecule has 0 aromatic carbocycles. The minimum absolute atomic E-state index is 1.37. The minimum Gasteiger partial charge on any atom is -0.321 e. The molecule has 17 heavy (non-hydrogen) atoms. The molecule has 0 aliphatic carbocycles. The van der Waals surface area contributed by atoms with E-state index in [2.05, 4.69) is 4.52 Å². The van der Waals surface area contributed by atoms with Crippen LogP contribution >= 0.6 is 25.1 Å². The first-order valence-corrected chi connectivity index (χ1v) is 7.77. The molecule has 8 nitrogen and oxygen atoms in total. The van der Waals surface area contributed by atoms with E-state index in [0.29, 0.717) is 0 Å². The molecule has 0 bridgehead atoms. The molecule has 0 amide bonds. The van der Waals surface area contributed by atoms with Crippen LogP contribution in [0.3, 0.4) is 0 Å². The lowest BCUT2D eigenvalue weighted by Gasteiger charge is -2.15. The predicted octanol–water partition coefficient (Wildman–Crippen LogP) is 3.03. The Morgan fingerprint density at radius 3 is 1.71 bits per heavy atom. The summed E-state index contributed by atoms with van der Waals surface area (Å²) in [6.07, 6.45) is 0. The third-order valence-corrected chi connectivity index (χ3v) is 5.96. The van der Waals surface area contributed by atoms with Crippen molar-refractivity contribution in [3.63, 3.8) is 0 Å². The van der Waals surface area contributed by atoms with E-state index in [4.69, 9.17) is 27.5 Å². The molecule has 0 aromatic heterocycles. The Labute approximate surface area is 105 Å². The number of nitrogens with zero attached hydrogens (tertiary/aromatic N) is 2. The van der Waals surface area contributed by atoms with Gasteiger partial charge in [-0.05, 0) is 0 Å². The van der Waals surface area contributed by atoms with Crippen molar-refractivity contribution in [3.8, 4) is 0 Å². The normalized spacial score (nSPS) is 13.1. The van der Waals surface area contributed by atoms with E-state index in [1.165, 1.54) is 47.3 Å². The Bertz CT molecular complexity index is 226. The van der Waals surface area contributed by atoms with Crippen molar-refractivity contribution in [1.82, 2.24) is 4.60 Å². The Morgan fingerprint density at radius 2 is 1.41 bits per heavy atom. The van der Waals surface area contributed by atoms with Crippen LogP contribution in [0.2, 0.25) is 0 Å². The average Bonchev–Trinajstić information content (AvgIpc) is 2.38. The van der Waals surface area contributed by atoms with Crippen LogP contribution in [-0.2, 0) is 27.5 Å². The van der Waals surface area contributed by atoms with Crippen molar-refractivity contribution in [2.24, 2.45) is 4.52 Å². The Balaban J connectivity index is 4.90. The fourth-order valence-electron chi connectivity index (χ4n) is 0.764. The second-order valence-corrected chi connectivity index (χ2v) is 7.21. The lowest BCUT2D eigenvalue weighted by atomic mass is 11.7. The molecular weight excluding hydrogens is 289 g/mol. The summed E-state index contributed by atoms with van der Waals surface area (Å²) in [5, 5.41) is 0. The molecule has 0 aromatic rings. The highest BCUT2D eigenvalue weighted by Gasteiger charge is 2.39. The number of hydrogen-bond acceptors (Lipinski definition) is 7. The number of hydrogen-bond donors (Lipinski definition) is 0. The molecule has 0 saturated heterocycles. The van der Waals surface area contributed by atoms with Crippen molar-refractivity contribution in [3.05, 3.63) is 0 Å². The van der Waals surface area contributed by atoms with Gasteiger partial charge in [0.25, 0.3) is 0 Å². The molecule has 0 spiro atoms. The lowest BCUT2D eigenvalue weighted by Crippen LogP contribution is -2.10. The molecule has 11 heteroatoms. The summed E-state index contributed by atoms with van der Waals surface area (Å²) >= 11 is 0. The van der Waals surface area contributed by atoms with Crippen LogP contribution in [0.5, 0.6) is 0 Å². The summed E-state index contributed by atoms with van der Waals surface area (Å²) in [6, 6.07) is 0. The first-order chi connectivity index (χ1) is 8.18. The first-order valence-electron chi connectivity index (χ1n) is 4.34. The Kier molecular flexibility index (Phi) is 11.0. The van der Waals surface area contributed by atoms with Crippen LogP contribution < -0.4 is 0 Å². The maximum absolute atomic E-state index is 5.23. The summed E-state index contributed by atoms with van der Waals surface area (Å²) in [4.78, 5) is 5.16. The summed E-state index contributed by atoms with van der Waals surface area (Å²) in [6.45, 7) is 0. The third-order valence-electron chi connectivity index (χ3n) is 1.39. The third kappa shape index (κ3) is 5.90. The number of rotatable bonds is 9. The fourth-order valence-corrected chi connectivity index (χ4v) is 4.88. The largest absolute Gasteiger partial charge is 0.521 e. The van der Waals surface area contributed by atoms with Crippen molar-refractivity contribution >= 4 is 25.1 Å². The molecule has 1 atom stereocenters. The highest BCUT2D eigenvalue weighted by Crippen LogP contribution is 2.57. The smallest absolute Gasteiger partial charge is 0.321 e. The maximum Gasteiger partial charge on any atom is 0.521 e. The quantitative estimate of drug-likeness (QED) is 0.479. The van der Waals surface area contributed by atoms with Gasteiger partial charge in [0.1, 0.15) is 4.60 Å². The molecule has 0 aliphatic rings. The van der Waals surface area contributed by atoms with Crippen LogP contribution in [0.1, 0.15) is 0 Å². The highest BCUT2D eigenvalue weighted by atomic mass is 31.2. The van der Waals surface area contributed by atoms with E-state index >= 15 is 0 Å². The molecular formula is C6H18N2O6P3+. The van der Waals surface area contributed by atoms with Gasteiger partial charge in [-0.2, -0.15) is 0 Å². The van der Waals surface area contributed by atoms with Gasteiger partial charge >= 0.3 is 25.1 Å². The van der Waals surface area contributed by atoms with E-state index in [9.17, 15) is 0 Å². The van der Waals surface area contributed by atoms with Gasteiger partial charge in [-0.1, -0.05) is 0 Å². The van der Waals surface area contributed by atoms with Gasteiger partial charge in [-0.3, -0.25) is 4.84 Å². The van der Waals surface area contributed by atoms with Crippen molar-refractivity contribution in [2.75, 3.05) is 42.7 Å². The van der Waals surface area contributed by atoms with E-state index in [1.807, 2.05) is 0 Å². The molecule has 102 valence electrons. The standard InChI is InChI=1S/C6H18N2O6P3/c1-9-8(17(13-5)14-6)15(10-2)7-16(11-3)12-4/h1-6H3/q+1. The SMILES string of the molecule is CON(P(OC)OC)[P+](=NP(OC)OC)OC. The highest BCUT2D eigenvalue weighted by molar-refractivity contribution is 7.62. The molecule has 1 unspecified atom stereocenters. The molecule has 0 radical (unpaired) electrons. The molecule has 0 rings (SSSR count). The van der Waals surface area contributed by atoms with Crippen LogP contribution in [0.25, 0.3) is 0 Å². The van der Waals surface area contributed by atoms with E-state index in [0.717, 1.165) is 0 Å². The minimum atomic E-state index is -1.43. The van der Waals surface area contributed by atoms with Crippen LogP contribution in [0, 0.1) is 0 Å². The van der Waals surface area contributed by atoms with Crippen LogP contribution in [0.4, 0.5) is 0 Å². The zero-order chi connectivity index (χ0) is 13.3. The van der Waals surface area contributed by atoms with Crippen LogP contribution in [-0.4, -0.2) is 47.3 Å². The molecule has 0 saturated carbocycles. The van der Waals surface area contributed by atoms with Gasteiger partial charge in [-0.15, -0.1) is 4.52 Å². The van der Waals surface area contributed by atoms with E-state index < -0.39 is 25.1 Å². The second kappa shape index (κ2) is 10.6. The van der Waals surface area contributed by atoms with Gasteiger partial charge in [0.05, 0.1) is 14.2 Å². The molecule has 0 aliphatic heterocycles. The maximum atomic E-state index is 5.23. The van der Waals surface area contributed by atoms with Gasteiger partial charge in [0.15, 0.2) is 0 Å². The summed E-state index contributed by atoms with van der Waals surface area (Å²) in [5.74, 6) is 0. The van der Waals surface area contributed by atoms with Crippen LogP contribution in [0.15, 0.2) is 4.52 Å². The zero-order valence-electron chi connectivity index (χ0n) is 10.7. The molecule has 0 heterocycles. The first kappa shape index (κ1) is 17.7. The summed E-state index contributed by atoms with van der Waals surface area (Å²) < 4.78 is 31.2. The zero-order valence-corrected chi connectivity index (χ0v) is 13.4. The van der Waals surface area contributed by atoms with Gasteiger partial charge in [0.2, 0.25) is 0 Å². The summed E-state index contributed by atoms with van der Waals surface area (Å²) in [5.41, 5.74) is 0. The van der Waals surface area contributed by atoms with Gasteiger partial charge in [-0.25, -0.2) is 0 Å². The average molecular weight is 307 g/mol. The van der Waals surface area contributed by atoms with Crippen molar-refractivity contribution < 1.29 is 27.5 Å². The Hall–Kier alpha value is 0.680. The summed E-state index contributed by atoms with van der Waals surface area (Å²) in [7, 11) is 4.86. The van der Waals surface area contributed by atoms with Crippen molar-refractivity contribution in [1.29, 1.82) is 0 Å². The predicted molar refractivity (Wildman–Crippen MR) is 67.1 cm³/mol. The monoisotopic (exact) mass is 307 g/mol. The second-order valence-electron chi connectivity index (χ2n) is 2.17. The van der Waals surface area contributed by atoms with Gasteiger partial charge < -0.3 is 18.1 Å². The molecule has 0 N–H and O–H groups in total.